The van der Waals surface area contributed by atoms with Gasteiger partial charge in [0.1, 0.15) is 36.6 Å². The molecule has 0 spiro atoms. The quantitative estimate of drug-likeness (QED) is 0.777. The Morgan fingerprint density at radius 1 is 0.462 bits per heavy atom. The number of fused-ring (bicyclic) bond motifs is 2. The monoisotopic (exact) mass is 368 g/mol. The standard InChI is InChI=1S/C20H32O6/c21-13-15-16(24-19(23-15)11-7-3-1-4-8-11)14(22)18-17(13)25-20(26-18)12-9-5-2-6-10-12/h11-22H,1-10H2/t13?,14?,15-,16+,17-,18?,19?,20?/m0/s1. The molecule has 5 aliphatic rings. The Labute approximate surface area is 155 Å². The van der Waals surface area contributed by atoms with Gasteiger partial charge in [0, 0.05) is 11.8 Å². The van der Waals surface area contributed by atoms with Crippen LogP contribution in [0.2, 0.25) is 0 Å². The van der Waals surface area contributed by atoms with Crippen LogP contribution < -0.4 is 0 Å². The largest absolute Gasteiger partial charge is 0.387 e. The average Bonchev–Trinajstić information content (AvgIpc) is 3.33. The Balaban J connectivity index is 1.27. The molecule has 0 aromatic carbocycles. The first-order chi connectivity index (χ1) is 12.7. The fraction of sp³-hybridized carbons (Fsp3) is 1.00. The van der Waals surface area contributed by atoms with Crippen molar-refractivity contribution in [2.75, 3.05) is 0 Å². The average molecular weight is 368 g/mol. The third kappa shape index (κ3) is 3.03. The predicted octanol–water partition coefficient (Wildman–Crippen LogP) is 2.10. The van der Waals surface area contributed by atoms with Gasteiger partial charge in [-0.05, 0) is 25.7 Å². The molecule has 2 saturated heterocycles. The van der Waals surface area contributed by atoms with E-state index < -0.39 is 36.6 Å². The van der Waals surface area contributed by atoms with Gasteiger partial charge in [0.2, 0.25) is 0 Å². The zero-order valence-electron chi connectivity index (χ0n) is 15.4. The molecule has 5 rings (SSSR count). The predicted molar refractivity (Wildman–Crippen MR) is 92.2 cm³/mol. The Morgan fingerprint density at radius 2 is 0.769 bits per heavy atom. The van der Waals surface area contributed by atoms with Gasteiger partial charge in [-0.15, -0.1) is 0 Å². The number of rotatable bonds is 2. The highest BCUT2D eigenvalue weighted by atomic mass is 16.8. The number of hydrogen-bond acceptors (Lipinski definition) is 6. The summed E-state index contributed by atoms with van der Waals surface area (Å²) >= 11 is 0. The van der Waals surface area contributed by atoms with Gasteiger partial charge in [-0.1, -0.05) is 38.5 Å². The number of hydrogen-bond donors (Lipinski definition) is 2. The molecule has 6 nitrogen and oxygen atoms in total. The molecule has 2 heterocycles. The minimum absolute atomic E-state index is 0.317. The van der Waals surface area contributed by atoms with E-state index in [-0.39, 0.29) is 12.6 Å². The van der Waals surface area contributed by atoms with E-state index in [1.807, 2.05) is 0 Å². The van der Waals surface area contributed by atoms with E-state index in [0.29, 0.717) is 11.8 Å². The summed E-state index contributed by atoms with van der Waals surface area (Å²) in [5.74, 6) is 0.732. The highest BCUT2D eigenvalue weighted by molar-refractivity contribution is 5.06. The molecule has 0 amide bonds. The van der Waals surface area contributed by atoms with Gasteiger partial charge >= 0.3 is 0 Å². The number of ether oxygens (including phenoxy) is 4. The SMILES string of the molecule is OC1C2OC(C3CCCCC3)O[C@H]2C(O)[C@@H]2OC(C3CCCCC3)O[C@H]12. The third-order valence-electron chi connectivity index (χ3n) is 7.23. The van der Waals surface area contributed by atoms with Crippen LogP contribution in [0.5, 0.6) is 0 Å². The molecule has 3 saturated carbocycles. The zero-order chi connectivity index (χ0) is 17.7. The molecule has 0 bridgehead atoms. The van der Waals surface area contributed by atoms with Crippen molar-refractivity contribution in [3.8, 4) is 0 Å². The molecule has 3 aliphatic carbocycles. The lowest BCUT2D eigenvalue weighted by molar-refractivity contribution is -0.152. The van der Waals surface area contributed by atoms with E-state index in [4.69, 9.17) is 18.9 Å². The number of aliphatic hydroxyl groups is 2. The minimum Gasteiger partial charge on any atom is -0.387 e. The first kappa shape index (κ1) is 17.8. The van der Waals surface area contributed by atoms with Crippen molar-refractivity contribution in [3.63, 3.8) is 0 Å². The third-order valence-corrected chi connectivity index (χ3v) is 7.23. The van der Waals surface area contributed by atoms with E-state index in [2.05, 4.69) is 0 Å². The van der Waals surface area contributed by atoms with Crippen LogP contribution in [0.15, 0.2) is 0 Å². The van der Waals surface area contributed by atoms with Crippen LogP contribution in [0.25, 0.3) is 0 Å². The molecule has 5 unspecified atom stereocenters. The highest BCUT2D eigenvalue weighted by Crippen LogP contribution is 2.44. The molecule has 0 aromatic heterocycles. The smallest absolute Gasteiger partial charge is 0.161 e. The van der Waals surface area contributed by atoms with Crippen LogP contribution in [-0.4, -0.2) is 59.4 Å². The van der Waals surface area contributed by atoms with E-state index in [9.17, 15) is 10.2 Å². The van der Waals surface area contributed by atoms with Crippen molar-refractivity contribution in [3.05, 3.63) is 0 Å². The first-order valence-electron chi connectivity index (χ1n) is 10.7. The molecule has 2 N–H and O–H groups in total. The molecular weight excluding hydrogens is 336 g/mol. The summed E-state index contributed by atoms with van der Waals surface area (Å²) in [6.07, 6.45) is 7.41. The minimum atomic E-state index is -0.810. The summed E-state index contributed by atoms with van der Waals surface area (Å²) in [6, 6.07) is 0. The van der Waals surface area contributed by atoms with Crippen LogP contribution in [0, 0.1) is 11.8 Å². The molecule has 26 heavy (non-hydrogen) atoms. The highest BCUT2D eigenvalue weighted by Gasteiger charge is 2.61. The Bertz CT molecular complexity index is 421. The van der Waals surface area contributed by atoms with E-state index in [0.717, 1.165) is 25.7 Å². The maximum atomic E-state index is 10.9. The van der Waals surface area contributed by atoms with Gasteiger partial charge in [-0.2, -0.15) is 0 Å². The van der Waals surface area contributed by atoms with E-state index >= 15 is 0 Å². The van der Waals surface area contributed by atoms with Crippen LogP contribution in [-0.2, 0) is 18.9 Å². The molecular formula is C20H32O6. The summed E-state index contributed by atoms with van der Waals surface area (Å²) in [5.41, 5.74) is 0. The van der Waals surface area contributed by atoms with Crippen molar-refractivity contribution in [1.82, 2.24) is 0 Å². The van der Waals surface area contributed by atoms with Gasteiger partial charge < -0.3 is 29.2 Å². The van der Waals surface area contributed by atoms with Crippen molar-refractivity contribution < 1.29 is 29.2 Å². The van der Waals surface area contributed by atoms with E-state index in [1.54, 1.807) is 0 Å². The second-order valence-electron chi connectivity index (χ2n) is 8.92. The maximum Gasteiger partial charge on any atom is 0.161 e. The summed E-state index contributed by atoms with van der Waals surface area (Å²) < 4.78 is 24.4. The lowest BCUT2D eigenvalue weighted by atomic mass is 9.85. The molecule has 6 heteroatoms. The summed E-state index contributed by atoms with van der Waals surface area (Å²) in [4.78, 5) is 0. The van der Waals surface area contributed by atoms with Gasteiger partial charge in [-0.3, -0.25) is 0 Å². The number of aliphatic hydroxyl groups excluding tert-OH is 2. The van der Waals surface area contributed by atoms with Crippen LogP contribution in [0.3, 0.4) is 0 Å². The Kier molecular flexibility index (Phi) is 5.01. The fourth-order valence-corrected chi connectivity index (χ4v) is 5.72. The Morgan fingerprint density at radius 3 is 1.08 bits per heavy atom. The molecule has 5 fully saturated rings. The lowest BCUT2D eigenvalue weighted by Gasteiger charge is -2.38. The second-order valence-corrected chi connectivity index (χ2v) is 8.92. The topological polar surface area (TPSA) is 77.4 Å². The summed E-state index contributed by atoms with van der Waals surface area (Å²) in [7, 11) is 0. The van der Waals surface area contributed by atoms with Crippen molar-refractivity contribution in [2.45, 2.75) is 113 Å². The normalized spacial score (nSPS) is 50.5. The van der Waals surface area contributed by atoms with Crippen molar-refractivity contribution >= 4 is 0 Å². The van der Waals surface area contributed by atoms with Crippen LogP contribution >= 0.6 is 0 Å². The summed E-state index contributed by atoms with van der Waals surface area (Å²) in [5, 5.41) is 21.8. The first-order valence-corrected chi connectivity index (χ1v) is 10.7. The molecule has 2 aliphatic heterocycles. The second kappa shape index (κ2) is 7.30. The van der Waals surface area contributed by atoms with Crippen LogP contribution in [0.1, 0.15) is 64.2 Å². The van der Waals surface area contributed by atoms with Gasteiger partial charge in [0.25, 0.3) is 0 Å². The molecule has 148 valence electrons. The molecule has 8 atom stereocenters. The lowest BCUT2D eigenvalue weighted by Crippen LogP contribution is -2.61. The van der Waals surface area contributed by atoms with Crippen molar-refractivity contribution in [1.29, 1.82) is 0 Å². The van der Waals surface area contributed by atoms with Gasteiger partial charge in [0.15, 0.2) is 12.6 Å². The van der Waals surface area contributed by atoms with Crippen molar-refractivity contribution in [2.24, 2.45) is 11.8 Å². The Hall–Kier alpha value is -0.240. The maximum absolute atomic E-state index is 10.9. The summed E-state index contributed by atoms with van der Waals surface area (Å²) in [6.45, 7) is 0. The molecule has 0 radical (unpaired) electrons. The fourth-order valence-electron chi connectivity index (χ4n) is 5.72. The van der Waals surface area contributed by atoms with Gasteiger partial charge in [-0.25, -0.2) is 0 Å². The molecule has 0 aromatic rings. The van der Waals surface area contributed by atoms with E-state index in [1.165, 1.54) is 38.5 Å². The van der Waals surface area contributed by atoms with Gasteiger partial charge in [0.05, 0.1) is 0 Å². The zero-order valence-corrected chi connectivity index (χ0v) is 15.4. The van der Waals surface area contributed by atoms with Crippen LogP contribution in [0.4, 0.5) is 0 Å².